The zero-order valence-electron chi connectivity index (χ0n) is 24.1. The maximum Gasteiger partial charge on any atom is 0.239 e. The van der Waals surface area contributed by atoms with E-state index < -0.39 is 0 Å². The van der Waals surface area contributed by atoms with Gasteiger partial charge in [-0.25, -0.2) is 0 Å². The van der Waals surface area contributed by atoms with Gasteiger partial charge in [-0.3, -0.25) is 9.59 Å². The van der Waals surface area contributed by atoms with Crippen LogP contribution in [0.5, 0.6) is 0 Å². The van der Waals surface area contributed by atoms with E-state index in [1.54, 1.807) is 0 Å². The Balaban J connectivity index is 1.51. The second-order valence-electron chi connectivity index (χ2n) is 14.2. The molecule has 2 aliphatic carbocycles. The molecule has 0 radical (unpaired) electrons. The number of para-hydroxylation sites is 2. The number of fused-ring (bicyclic) bond motifs is 1. The molecule has 1 amide bonds. The number of carbonyl (C=O) groups is 2. The maximum absolute atomic E-state index is 13.8. The highest BCUT2D eigenvalue weighted by molar-refractivity contribution is 6.01. The van der Waals surface area contributed by atoms with Crippen molar-refractivity contribution in [1.82, 2.24) is 10.6 Å². The molecule has 0 aromatic heterocycles. The SMILES string of the molecule is CC1(C)CC(=O)C2=C(C1)Nc1ccccc1N(CC(=O)NC1CC(C)(C)NC(C)(C)C1)C2C1CC=CCC1. The summed E-state index contributed by atoms with van der Waals surface area (Å²) in [6, 6.07) is 8.24. The van der Waals surface area contributed by atoms with Crippen molar-refractivity contribution in [2.75, 3.05) is 16.8 Å². The lowest BCUT2D eigenvalue weighted by molar-refractivity contribution is -0.121. The predicted molar refractivity (Wildman–Crippen MR) is 155 cm³/mol. The highest BCUT2D eigenvalue weighted by Crippen LogP contribution is 2.46. The number of benzene rings is 1. The van der Waals surface area contributed by atoms with E-state index in [4.69, 9.17) is 0 Å². The summed E-state index contributed by atoms with van der Waals surface area (Å²) < 4.78 is 0. The molecule has 0 bridgehead atoms. The number of hydrogen-bond donors (Lipinski definition) is 3. The van der Waals surface area contributed by atoms with Gasteiger partial charge in [-0.2, -0.15) is 0 Å². The molecule has 2 atom stereocenters. The van der Waals surface area contributed by atoms with Gasteiger partial charge >= 0.3 is 0 Å². The van der Waals surface area contributed by atoms with Crippen molar-refractivity contribution in [3.63, 3.8) is 0 Å². The van der Waals surface area contributed by atoms with Crippen LogP contribution in [0.25, 0.3) is 0 Å². The Hall–Kier alpha value is -2.60. The van der Waals surface area contributed by atoms with Crippen LogP contribution >= 0.6 is 0 Å². The molecule has 6 heteroatoms. The molecule has 0 spiro atoms. The molecular weight excluding hydrogens is 472 g/mol. The molecule has 2 aliphatic heterocycles. The van der Waals surface area contributed by atoms with Gasteiger partial charge in [0.2, 0.25) is 5.91 Å². The van der Waals surface area contributed by atoms with Crippen molar-refractivity contribution in [3.8, 4) is 0 Å². The average Bonchev–Trinajstić information content (AvgIpc) is 2.91. The molecule has 1 fully saturated rings. The van der Waals surface area contributed by atoms with Gasteiger partial charge in [0.15, 0.2) is 5.78 Å². The van der Waals surface area contributed by atoms with Crippen molar-refractivity contribution >= 4 is 23.1 Å². The van der Waals surface area contributed by atoms with E-state index in [-0.39, 0.29) is 52.7 Å². The average molecular weight is 519 g/mol. The molecule has 4 aliphatic rings. The molecule has 38 heavy (non-hydrogen) atoms. The van der Waals surface area contributed by atoms with Crippen LogP contribution in [0.1, 0.15) is 86.5 Å². The fourth-order valence-electron chi connectivity index (χ4n) is 7.72. The third-order valence-corrected chi connectivity index (χ3v) is 8.68. The number of ketones is 1. The van der Waals surface area contributed by atoms with E-state index >= 15 is 0 Å². The van der Waals surface area contributed by atoms with Crippen LogP contribution in [0.2, 0.25) is 0 Å². The minimum absolute atomic E-state index is 0.0299. The van der Waals surface area contributed by atoms with Gasteiger partial charge < -0.3 is 20.9 Å². The first-order chi connectivity index (χ1) is 17.8. The molecule has 6 nitrogen and oxygen atoms in total. The first kappa shape index (κ1) is 27.0. The van der Waals surface area contributed by atoms with E-state index in [1.807, 2.05) is 12.1 Å². The number of anilines is 2. The smallest absolute Gasteiger partial charge is 0.239 e. The molecule has 1 aromatic carbocycles. The first-order valence-electron chi connectivity index (χ1n) is 14.5. The second-order valence-corrected chi connectivity index (χ2v) is 14.2. The van der Waals surface area contributed by atoms with Gasteiger partial charge in [-0.15, -0.1) is 0 Å². The minimum atomic E-state index is -0.124. The normalized spacial score (nSPS) is 28.2. The summed E-state index contributed by atoms with van der Waals surface area (Å²) in [7, 11) is 0. The summed E-state index contributed by atoms with van der Waals surface area (Å²) in [5.74, 6) is 0.540. The van der Waals surface area contributed by atoms with Gasteiger partial charge in [0.05, 0.1) is 24.0 Å². The number of nitrogens with one attached hydrogen (secondary N) is 3. The van der Waals surface area contributed by atoms with E-state index in [9.17, 15) is 9.59 Å². The van der Waals surface area contributed by atoms with Crippen LogP contribution in [0.4, 0.5) is 11.4 Å². The second kappa shape index (κ2) is 9.86. The summed E-state index contributed by atoms with van der Waals surface area (Å²) >= 11 is 0. The van der Waals surface area contributed by atoms with Crippen molar-refractivity contribution in [1.29, 1.82) is 0 Å². The zero-order valence-corrected chi connectivity index (χ0v) is 24.1. The maximum atomic E-state index is 13.8. The highest BCUT2D eigenvalue weighted by Gasteiger charge is 2.44. The number of amides is 1. The fourth-order valence-corrected chi connectivity index (χ4v) is 7.72. The van der Waals surface area contributed by atoms with Crippen molar-refractivity contribution in [3.05, 3.63) is 47.7 Å². The molecular formula is C32H46N4O2. The largest absolute Gasteiger partial charge is 0.357 e. The fraction of sp³-hybridized carbons (Fsp3) is 0.625. The number of carbonyl (C=O) groups excluding carboxylic acids is 2. The molecule has 0 saturated carbocycles. The zero-order chi connectivity index (χ0) is 27.3. The number of allylic oxidation sites excluding steroid dienone is 3. The standard InChI is InChI=1S/C32H46N4O2/c1-30(2)18-24-28(26(37)19-30)29(21-12-8-7-9-13-21)36(25-15-11-10-14-23(25)34-24)20-27(38)33-22-16-31(3,4)35-32(5,6)17-22/h7-8,10-11,14-15,21-22,29,34-35H,9,12-13,16-20H2,1-6H3,(H,33,38). The number of nitrogens with zero attached hydrogens (tertiary/aromatic N) is 1. The van der Waals surface area contributed by atoms with E-state index in [0.717, 1.165) is 61.2 Å². The lowest BCUT2D eigenvalue weighted by atomic mass is 9.71. The Labute approximate surface area is 228 Å². The van der Waals surface area contributed by atoms with Crippen molar-refractivity contribution in [2.24, 2.45) is 11.3 Å². The molecule has 2 heterocycles. The monoisotopic (exact) mass is 518 g/mol. The Morgan fingerprint density at radius 1 is 1.03 bits per heavy atom. The summed E-state index contributed by atoms with van der Waals surface area (Å²) in [6.07, 6.45) is 10.6. The van der Waals surface area contributed by atoms with Crippen molar-refractivity contribution in [2.45, 2.75) is 110 Å². The van der Waals surface area contributed by atoms with Gasteiger partial charge in [0.1, 0.15) is 0 Å². The third kappa shape index (κ3) is 5.70. The van der Waals surface area contributed by atoms with Crippen LogP contribution in [0.3, 0.4) is 0 Å². The van der Waals surface area contributed by atoms with Gasteiger partial charge in [-0.05, 0) is 89.7 Å². The van der Waals surface area contributed by atoms with Gasteiger partial charge in [-0.1, -0.05) is 38.1 Å². The van der Waals surface area contributed by atoms with Gasteiger partial charge in [0, 0.05) is 34.8 Å². The van der Waals surface area contributed by atoms with Crippen LogP contribution < -0.4 is 20.9 Å². The number of piperidine rings is 1. The number of rotatable bonds is 4. The van der Waals surface area contributed by atoms with Crippen LogP contribution in [-0.4, -0.2) is 41.4 Å². The molecule has 2 unspecified atom stereocenters. The number of Topliss-reactive ketones (excluding diaryl/α,β-unsaturated/α-hetero) is 1. The van der Waals surface area contributed by atoms with E-state index in [1.165, 1.54) is 0 Å². The Morgan fingerprint density at radius 3 is 2.42 bits per heavy atom. The van der Waals surface area contributed by atoms with Gasteiger partial charge in [0.25, 0.3) is 0 Å². The first-order valence-corrected chi connectivity index (χ1v) is 14.5. The molecule has 1 aromatic rings. The van der Waals surface area contributed by atoms with E-state index in [0.29, 0.717) is 6.42 Å². The molecule has 206 valence electrons. The topological polar surface area (TPSA) is 73.5 Å². The minimum Gasteiger partial charge on any atom is -0.357 e. The molecule has 3 N–H and O–H groups in total. The van der Waals surface area contributed by atoms with Crippen molar-refractivity contribution < 1.29 is 9.59 Å². The summed E-state index contributed by atoms with van der Waals surface area (Å²) in [4.78, 5) is 29.9. The Morgan fingerprint density at radius 2 is 1.74 bits per heavy atom. The van der Waals surface area contributed by atoms with Crippen LogP contribution in [-0.2, 0) is 9.59 Å². The third-order valence-electron chi connectivity index (χ3n) is 8.68. The lowest BCUT2D eigenvalue weighted by Gasteiger charge is -2.47. The van der Waals surface area contributed by atoms with E-state index in [2.05, 4.69) is 86.7 Å². The summed E-state index contributed by atoms with van der Waals surface area (Å²) in [5.41, 5.74) is 3.76. The number of hydrogen-bond acceptors (Lipinski definition) is 5. The summed E-state index contributed by atoms with van der Waals surface area (Å²) in [6.45, 7) is 13.4. The van der Waals surface area contributed by atoms with Crippen LogP contribution in [0, 0.1) is 11.3 Å². The Kier molecular flexibility index (Phi) is 7.00. The predicted octanol–water partition coefficient (Wildman–Crippen LogP) is 5.71. The Bertz CT molecular complexity index is 1150. The lowest BCUT2D eigenvalue weighted by Crippen LogP contribution is -2.62. The summed E-state index contributed by atoms with van der Waals surface area (Å²) in [5, 5.41) is 10.8. The quantitative estimate of drug-likeness (QED) is 0.445. The van der Waals surface area contributed by atoms with Crippen LogP contribution in [0.15, 0.2) is 47.7 Å². The highest BCUT2D eigenvalue weighted by atomic mass is 16.2. The molecule has 1 saturated heterocycles. The molecule has 5 rings (SSSR count).